The van der Waals surface area contributed by atoms with E-state index < -0.39 is 0 Å². The Morgan fingerprint density at radius 2 is 1.88 bits per heavy atom. The largest absolute Gasteiger partial charge is 0.268 e. The standard InChI is InChI=1S/C13H14N2O/c1-9(2)13-11(8-12(16)14-15-13)10-6-4-3-5-7-10/h3-9H,1-2H3,(H,14,16). The summed E-state index contributed by atoms with van der Waals surface area (Å²) in [6, 6.07) is 11.5. The van der Waals surface area contributed by atoms with Crippen LogP contribution < -0.4 is 5.56 Å². The Kier molecular flexibility index (Phi) is 2.86. The molecular formula is C13H14N2O. The Labute approximate surface area is 94.2 Å². The van der Waals surface area contributed by atoms with Gasteiger partial charge in [0.25, 0.3) is 5.56 Å². The zero-order chi connectivity index (χ0) is 11.5. The van der Waals surface area contributed by atoms with Gasteiger partial charge in [-0.15, -0.1) is 0 Å². The van der Waals surface area contributed by atoms with Crippen LogP contribution in [0.4, 0.5) is 0 Å². The van der Waals surface area contributed by atoms with Crippen LogP contribution in [0.1, 0.15) is 25.5 Å². The van der Waals surface area contributed by atoms with E-state index in [1.54, 1.807) is 6.07 Å². The minimum absolute atomic E-state index is 0.164. The normalized spacial score (nSPS) is 10.7. The van der Waals surface area contributed by atoms with E-state index in [9.17, 15) is 4.79 Å². The third kappa shape index (κ3) is 2.03. The third-order valence-electron chi connectivity index (χ3n) is 2.47. The molecule has 2 rings (SSSR count). The van der Waals surface area contributed by atoms with Crippen molar-refractivity contribution in [3.05, 3.63) is 52.4 Å². The second kappa shape index (κ2) is 4.31. The lowest BCUT2D eigenvalue weighted by molar-refractivity contribution is 0.780. The lowest BCUT2D eigenvalue weighted by Crippen LogP contribution is -2.11. The second-order valence-corrected chi connectivity index (χ2v) is 4.05. The number of hydrogen-bond acceptors (Lipinski definition) is 2. The molecule has 1 aromatic heterocycles. The molecular weight excluding hydrogens is 200 g/mol. The zero-order valence-electron chi connectivity index (χ0n) is 9.40. The van der Waals surface area contributed by atoms with Gasteiger partial charge in [-0.1, -0.05) is 44.2 Å². The van der Waals surface area contributed by atoms with Gasteiger partial charge in [-0.05, 0) is 11.5 Å². The Morgan fingerprint density at radius 1 is 1.19 bits per heavy atom. The number of aromatic amines is 1. The average Bonchev–Trinajstić information content (AvgIpc) is 2.29. The number of rotatable bonds is 2. The van der Waals surface area contributed by atoms with Crippen LogP contribution in [0.15, 0.2) is 41.2 Å². The molecule has 82 valence electrons. The summed E-state index contributed by atoms with van der Waals surface area (Å²) in [5, 5.41) is 6.60. The van der Waals surface area contributed by atoms with E-state index in [1.165, 1.54) is 0 Å². The molecule has 1 aromatic carbocycles. The molecule has 0 spiro atoms. The van der Waals surface area contributed by atoms with Gasteiger partial charge in [-0.3, -0.25) is 4.79 Å². The molecule has 0 bridgehead atoms. The molecule has 0 aliphatic carbocycles. The van der Waals surface area contributed by atoms with E-state index in [-0.39, 0.29) is 11.5 Å². The first-order chi connectivity index (χ1) is 7.68. The predicted molar refractivity (Wildman–Crippen MR) is 64.4 cm³/mol. The van der Waals surface area contributed by atoms with E-state index in [1.807, 2.05) is 30.3 Å². The van der Waals surface area contributed by atoms with E-state index in [0.717, 1.165) is 16.8 Å². The minimum Gasteiger partial charge on any atom is -0.268 e. The second-order valence-electron chi connectivity index (χ2n) is 4.05. The molecule has 1 heterocycles. The maximum absolute atomic E-state index is 11.3. The van der Waals surface area contributed by atoms with Crippen molar-refractivity contribution in [3.63, 3.8) is 0 Å². The van der Waals surface area contributed by atoms with Gasteiger partial charge in [0.2, 0.25) is 0 Å². The Balaban J connectivity index is 2.63. The first kappa shape index (κ1) is 10.6. The smallest absolute Gasteiger partial charge is 0.264 e. The van der Waals surface area contributed by atoms with Crippen LogP contribution in [-0.2, 0) is 0 Å². The van der Waals surface area contributed by atoms with Crippen molar-refractivity contribution in [1.29, 1.82) is 0 Å². The molecule has 0 saturated heterocycles. The summed E-state index contributed by atoms with van der Waals surface area (Å²) in [6.45, 7) is 4.13. The van der Waals surface area contributed by atoms with Crippen molar-refractivity contribution in [2.45, 2.75) is 19.8 Å². The first-order valence-electron chi connectivity index (χ1n) is 5.33. The molecule has 0 unspecified atom stereocenters. The highest BCUT2D eigenvalue weighted by Gasteiger charge is 2.10. The van der Waals surface area contributed by atoms with Gasteiger partial charge in [-0.25, -0.2) is 5.10 Å². The Morgan fingerprint density at radius 3 is 2.50 bits per heavy atom. The van der Waals surface area contributed by atoms with E-state index in [2.05, 4.69) is 24.0 Å². The fourth-order valence-corrected chi connectivity index (χ4v) is 1.70. The highest BCUT2D eigenvalue weighted by Crippen LogP contribution is 2.25. The highest BCUT2D eigenvalue weighted by molar-refractivity contribution is 5.65. The molecule has 1 N–H and O–H groups in total. The SMILES string of the molecule is CC(C)c1n[nH]c(=O)cc1-c1ccccc1. The van der Waals surface area contributed by atoms with Crippen molar-refractivity contribution in [2.24, 2.45) is 0 Å². The molecule has 3 nitrogen and oxygen atoms in total. The van der Waals surface area contributed by atoms with Gasteiger partial charge < -0.3 is 0 Å². The Bertz CT molecular complexity index is 529. The van der Waals surface area contributed by atoms with Crippen LogP contribution >= 0.6 is 0 Å². The van der Waals surface area contributed by atoms with Crippen LogP contribution in [0.25, 0.3) is 11.1 Å². The van der Waals surface area contributed by atoms with Crippen LogP contribution in [-0.4, -0.2) is 10.2 Å². The Hall–Kier alpha value is -1.90. The van der Waals surface area contributed by atoms with Gasteiger partial charge in [0.05, 0.1) is 5.69 Å². The summed E-state index contributed by atoms with van der Waals surface area (Å²) in [5.74, 6) is 0.284. The van der Waals surface area contributed by atoms with Crippen molar-refractivity contribution in [1.82, 2.24) is 10.2 Å². The molecule has 16 heavy (non-hydrogen) atoms. The van der Waals surface area contributed by atoms with Crippen LogP contribution in [0.3, 0.4) is 0 Å². The predicted octanol–water partition coefficient (Wildman–Crippen LogP) is 2.56. The summed E-state index contributed by atoms with van der Waals surface area (Å²) in [6.07, 6.45) is 0. The van der Waals surface area contributed by atoms with Gasteiger partial charge in [0.1, 0.15) is 0 Å². The molecule has 0 aliphatic rings. The molecule has 0 radical (unpaired) electrons. The summed E-state index contributed by atoms with van der Waals surface area (Å²) in [7, 11) is 0. The van der Waals surface area contributed by atoms with Crippen molar-refractivity contribution in [3.8, 4) is 11.1 Å². The van der Waals surface area contributed by atoms with Crippen molar-refractivity contribution < 1.29 is 0 Å². The van der Waals surface area contributed by atoms with E-state index in [4.69, 9.17) is 0 Å². The van der Waals surface area contributed by atoms with Crippen molar-refractivity contribution >= 4 is 0 Å². The number of nitrogens with one attached hydrogen (secondary N) is 1. The van der Waals surface area contributed by atoms with E-state index >= 15 is 0 Å². The molecule has 0 saturated carbocycles. The van der Waals surface area contributed by atoms with Crippen molar-refractivity contribution in [2.75, 3.05) is 0 Å². The molecule has 2 aromatic rings. The van der Waals surface area contributed by atoms with Gasteiger partial charge >= 0.3 is 0 Å². The monoisotopic (exact) mass is 214 g/mol. The van der Waals surface area contributed by atoms with Crippen LogP contribution in [0.5, 0.6) is 0 Å². The van der Waals surface area contributed by atoms with Gasteiger partial charge in [-0.2, -0.15) is 5.10 Å². The number of benzene rings is 1. The maximum atomic E-state index is 11.3. The van der Waals surface area contributed by atoms with Crippen LogP contribution in [0, 0.1) is 0 Å². The van der Waals surface area contributed by atoms with Gasteiger partial charge in [0.15, 0.2) is 0 Å². The number of aromatic nitrogens is 2. The molecule has 0 fully saturated rings. The number of H-pyrrole nitrogens is 1. The first-order valence-corrected chi connectivity index (χ1v) is 5.33. The molecule has 3 heteroatoms. The lowest BCUT2D eigenvalue weighted by atomic mass is 9.99. The summed E-state index contributed by atoms with van der Waals surface area (Å²) >= 11 is 0. The average molecular weight is 214 g/mol. The summed E-state index contributed by atoms with van der Waals surface area (Å²) in [4.78, 5) is 11.3. The number of nitrogens with zero attached hydrogens (tertiary/aromatic N) is 1. The third-order valence-corrected chi connectivity index (χ3v) is 2.47. The summed E-state index contributed by atoms with van der Waals surface area (Å²) in [5.41, 5.74) is 2.71. The van der Waals surface area contributed by atoms with E-state index in [0.29, 0.717) is 0 Å². The molecule has 0 atom stereocenters. The minimum atomic E-state index is -0.164. The number of hydrogen-bond donors (Lipinski definition) is 1. The maximum Gasteiger partial charge on any atom is 0.264 e. The quantitative estimate of drug-likeness (QED) is 0.835. The molecule has 0 aliphatic heterocycles. The fourth-order valence-electron chi connectivity index (χ4n) is 1.70. The molecule has 0 amide bonds. The fraction of sp³-hybridized carbons (Fsp3) is 0.231. The van der Waals surface area contributed by atoms with Crippen LogP contribution in [0.2, 0.25) is 0 Å². The highest BCUT2D eigenvalue weighted by atomic mass is 16.1. The zero-order valence-corrected chi connectivity index (χ0v) is 9.40. The summed E-state index contributed by atoms with van der Waals surface area (Å²) < 4.78 is 0. The lowest BCUT2D eigenvalue weighted by Gasteiger charge is -2.10. The topological polar surface area (TPSA) is 45.8 Å². The van der Waals surface area contributed by atoms with Gasteiger partial charge in [0, 0.05) is 11.6 Å².